The Labute approximate surface area is 196 Å². The van der Waals surface area contributed by atoms with Crippen molar-refractivity contribution in [2.75, 3.05) is 20.7 Å². The first-order chi connectivity index (χ1) is 16.1. The van der Waals surface area contributed by atoms with Crippen LogP contribution in [0.25, 0.3) is 34.0 Å². The summed E-state index contributed by atoms with van der Waals surface area (Å²) < 4.78 is 11.1. The third-order valence-corrected chi connectivity index (χ3v) is 5.76. The molecule has 1 heterocycles. The Bertz CT molecular complexity index is 1220. The van der Waals surface area contributed by atoms with Crippen LogP contribution in [0.15, 0.2) is 71.3 Å². The zero-order valence-corrected chi connectivity index (χ0v) is 19.8. The lowest BCUT2D eigenvalue weighted by Gasteiger charge is -2.15. The summed E-state index contributed by atoms with van der Waals surface area (Å²) in [5, 5.41) is 4.26. The first kappa shape index (κ1) is 22.9. The lowest BCUT2D eigenvalue weighted by atomic mass is 9.94. The average Bonchev–Trinajstić information content (AvgIpc) is 3.31. The van der Waals surface area contributed by atoms with Crippen molar-refractivity contribution in [3.63, 3.8) is 0 Å². The van der Waals surface area contributed by atoms with E-state index in [9.17, 15) is 0 Å². The van der Waals surface area contributed by atoms with Gasteiger partial charge in [0.2, 0.25) is 5.82 Å². The molecule has 4 aromatic rings. The van der Waals surface area contributed by atoms with Gasteiger partial charge in [0.1, 0.15) is 0 Å². The predicted octanol–water partition coefficient (Wildman–Crippen LogP) is 6.37. The SMILES string of the molecule is CCCN(C)Cc1cccc(-c2noc(-c3ccc(-c4ccccc4C)c(COC)c3)n2)c1. The van der Waals surface area contributed by atoms with E-state index in [0.717, 1.165) is 41.8 Å². The molecular formula is C28H31N3O2. The van der Waals surface area contributed by atoms with Crippen molar-refractivity contribution in [1.82, 2.24) is 15.0 Å². The van der Waals surface area contributed by atoms with Crippen molar-refractivity contribution >= 4 is 0 Å². The van der Waals surface area contributed by atoms with Gasteiger partial charge >= 0.3 is 0 Å². The Morgan fingerprint density at radius 3 is 2.58 bits per heavy atom. The standard InChI is InChI=1S/C28H31N3O2/c1-5-15-31(3)18-21-10-8-11-22(16-21)27-29-28(33-30-27)23-13-14-26(24(17-23)19-32-4)25-12-7-6-9-20(25)2/h6-14,16-17H,5,15,18-19H2,1-4H3. The fourth-order valence-corrected chi connectivity index (χ4v) is 4.18. The number of aryl methyl sites for hydroxylation is 1. The van der Waals surface area contributed by atoms with Crippen LogP contribution in [0.5, 0.6) is 0 Å². The maximum atomic E-state index is 5.65. The average molecular weight is 442 g/mol. The Balaban J connectivity index is 1.62. The van der Waals surface area contributed by atoms with E-state index in [0.29, 0.717) is 18.3 Å². The quantitative estimate of drug-likeness (QED) is 0.302. The number of rotatable bonds is 9. The van der Waals surface area contributed by atoms with Crippen LogP contribution in [0.2, 0.25) is 0 Å². The van der Waals surface area contributed by atoms with Gasteiger partial charge in [-0.25, -0.2) is 0 Å². The van der Waals surface area contributed by atoms with Crippen molar-refractivity contribution in [3.8, 4) is 34.0 Å². The predicted molar refractivity (Wildman–Crippen MR) is 133 cm³/mol. The molecule has 170 valence electrons. The van der Waals surface area contributed by atoms with Crippen molar-refractivity contribution in [1.29, 1.82) is 0 Å². The summed E-state index contributed by atoms with van der Waals surface area (Å²) in [5.74, 6) is 1.11. The van der Waals surface area contributed by atoms with Gasteiger partial charge in [-0.15, -0.1) is 0 Å². The van der Waals surface area contributed by atoms with E-state index in [4.69, 9.17) is 14.2 Å². The molecule has 1 aromatic heterocycles. The van der Waals surface area contributed by atoms with Crippen LogP contribution in [0.1, 0.15) is 30.0 Å². The zero-order chi connectivity index (χ0) is 23.2. The summed E-state index contributed by atoms with van der Waals surface area (Å²) in [6.07, 6.45) is 1.14. The van der Waals surface area contributed by atoms with Crippen LogP contribution >= 0.6 is 0 Å². The molecule has 5 nitrogen and oxygen atoms in total. The molecule has 0 fully saturated rings. The van der Waals surface area contributed by atoms with Crippen LogP contribution in [-0.4, -0.2) is 35.7 Å². The molecule has 0 radical (unpaired) electrons. The molecule has 0 aliphatic carbocycles. The molecule has 0 amide bonds. The maximum Gasteiger partial charge on any atom is 0.258 e. The number of aromatic nitrogens is 2. The minimum absolute atomic E-state index is 0.506. The van der Waals surface area contributed by atoms with E-state index >= 15 is 0 Å². The molecule has 0 saturated heterocycles. The Morgan fingerprint density at radius 2 is 1.79 bits per heavy atom. The summed E-state index contributed by atoms with van der Waals surface area (Å²) in [7, 11) is 3.85. The molecule has 4 rings (SSSR count). The van der Waals surface area contributed by atoms with Crippen molar-refractivity contribution in [3.05, 3.63) is 83.4 Å². The number of hydrogen-bond acceptors (Lipinski definition) is 5. The zero-order valence-electron chi connectivity index (χ0n) is 19.8. The molecule has 0 aliphatic heterocycles. The van der Waals surface area contributed by atoms with Crippen molar-refractivity contribution in [2.24, 2.45) is 0 Å². The second-order valence-corrected chi connectivity index (χ2v) is 8.48. The molecule has 0 aliphatic rings. The molecule has 33 heavy (non-hydrogen) atoms. The molecule has 0 N–H and O–H groups in total. The highest BCUT2D eigenvalue weighted by atomic mass is 16.5. The molecule has 0 unspecified atom stereocenters. The van der Waals surface area contributed by atoms with Crippen LogP contribution in [-0.2, 0) is 17.9 Å². The summed E-state index contributed by atoms with van der Waals surface area (Å²) in [4.78, 5) is 7.01. The van der Waals surface area contributed by atoms with Crippen LogP contribution in [0.3, 0.4) is 0 Å². The first-order valence-electron chi connectivity index (χ1n) is 11.4. The minimum atomic E-state index is 0.506. The largest absolute Gasteiger partial charge is 0.380 e. The number of ether oxygens (including phenoxy) is 1. The van der Waals surface area contributed by atoms with E-state index in [1.165, 1.54) is 16.7 Å². The van der Waals surface area contributed by atoms with Gasteiger partial charge in [-0.2, -0.15) is 4.98 Å². The van der Waals surface area contributed by atoms with Gasteiger partial charge < -0.3 is 14.2 Å². The van der Waals surface area contributed by atoms with Gasteiger partial charge in [0.05, 0.1) is 6.61 Å². The Hall–Kier alpha value is -3.28. The normalized spacial score (nSPS) is 11.3. The lowest BCUT2D eigenvalue weighted by molar-refractivity contribution is 0.185. The van der Waals surface area contributed by atoms with Crippen molar-refractivity contribution < 1.29 is 9.26 Å². The van der Waals surface area contributed by atoms with Gasteiger partial charge in [0.15, 0.2) is 0 Å². The highest BCUT2D eigenvalue weighted by molar-refractivity contribution is 5.74. The van der Waals surface area contributed by atoms with Crippen molar-refractivity contribution in [2.45, 2.75) is 33.4 Å². The van der Waals surface area contributed by atoms with Crippen LogP contribution < -0.4 is 0 Å². The minimum Gasteiger partial charge on any atom is -0.380 e. The monoisotopic (exact) mass is 441 g/mol. The van der Waals surface area contributed by atoms with Gasteiger partial charge in [-0.3, -0.25) is 0 Å². The second kappa shape index (κ2) is 10.6. The third kappa shape index (κ3) is 5.38. The van der Waals surface area contributed by atoms with E-state index in [1.807, 2.05) is 18.2 Å². The molecule has 0 bridgehead atoms. The molecule has 0 atom stereocenters. The third-order valence-electron chi connectivity index (χ3n) is 5.76. The number of methoxy groups -OCH3 is 1. The Morgan fingerprint density at radius 1 is 0.939 bits per heavy atom. The summed E-state index contributed by atoms with van der Waals surface area (Å²) in [6, 6.07) is 23.0. The molecule has 0 saturated carbocycles. The van der Waals surface area contributed by atoms with Crippen LogP contribution in [0.4, 0.5) is 0 Å². The van der Waals surface area contributed by atoms with Gasteiger partial charge in [0, 0.05) is 24.8 Å². The number of benzene rings is 3. The van der Waals surface area contributed by atoms with Gasteiger partial charge in [-0.05, 0) is 73.0 Å². The Kier molecular flexibility index (Phi) is 7.33. The van der Waals surface area contributed by atoms with Crippen LogP contribution in [0, 0.1) is 6.92 Å². The van der Waals surface area contributed by atoms with Gasteiger partial charge in [-0.1, -0.05) is 60.6 Å². The summed E-state index contributed by atoms with van der Waals surface area (Å²) >= 11 is 0. The van der Waals surface area contributed by atoms with E-state index in [2.05, 4.69) is 79.5 Å². The fourth-order valence-electron chi connectivity index (χ4n) is 4.18. The summed E-state index contributed by atoms with van der Waals surface area (Å²) in [6.45, 7) is 6.79. The molecule has 3 aromatic carbocycles. The highest BCUT2D eigenvalue weighted by Crippen LogP contribution is 2.31. The molecule has 5 heteroatoms. The molecular weight excluding hydrogens is 410 g/mol. The van der Waals surface area contributed by atoms with Gasteiger partial charge in [0.25, 0.3) is 5.89 Å². The topological polar surface area (TPSA) is 51.4 Å². The molecule has 0 spiro atoms. The summed E-state index contributed by atoms with van der Waals surface area (Å²) in [5.41, 5.74) is 7.75. The second-order valence-electron chi connectivity index (χ2n) is 8.48. The van der Waals surface area contributed by atoms with E-state index < -0.39 is 0 Å². The number of nitrogens with zero attached hydrogens (tertiary/aromatic N) is 3. The lowest BCUT2D eigenvalue weighted by Crippen LogP contribution is -2.18. The van der Waals surface area contributed by atoms with E-state index in [-0.39, 0.29) is 0 Å². The van der Waals surface area contributed by atoms with E-state index in [1.54, 1.807) is 7.11 Å². The number of hydrogen-bond donors (Lipinski definition) is 0. The smallest absolute Gasteiger partial charge is 0.258 e. The fraction of sp³-hybridized carbons (Fsp3) is 0.286. The highest BCUT2D eigenvalue weighted by Gasteiger charge is 2.15. The maximum absolute atomic E-state index is 5.65. The first-order valence-corrected chi connectivity index (χ1v) is 11.4.